The van der Waals surface area contributed by atoms with Crippen molar-refractivity contribution in [3.63, 3.8) is 0 Å². The van der Waals surface area contributed by atoms with Gasteiger partial charge in [0.05, 0.1) is 7.11 Å². The quantitative estimate of drug-likeness (QED) is 0.228. The molecule has 0 saturated carbocycles. The molecule has 1 fully saturated rings. The number of methoxy groups -OCH3 is 1. The fourth-order valence-corrected chi connectivity index (χ4v) is 5.99. The smallest absolute Gasteiger partial charge is 0.352 e. The maximum atomic E-state index is 13.5. The van der Waals surface area contributed by atoms with Gasteiger partial charge in [-0.25, -0.2) is 4.79 Å². The van der Waals surface area contributed by atoms with Gasteiger partial charge in [-0.05, 0) is 17.7 Å². The van der Waals surface area contributed by atoms with Gasteiger partial charge in [0.25, 0.3) is 11.8 Å². The van der Waals surface area contributed by atoms with E-state index in [0.717, 1.165) is 4.90 Å². The van der Waals surface area contributed by atoms with E-state index in [1.54, 1.807) is 54.6 Å². The molecule has 0 aliphatic carbocycles. The van der Waals surface area contributed by atoms with Crippen LogP contribution in [0, 0.1) is 0 Å². The van der Waals surface area contributed by atoms with Crippen LogP contribution in [-0.2, 0) is 23.9 Å². The normalized spacial score (nSPS) is 18.2. The first-order valence-electron chi connectivity index (χ1n) is 13.0. The predicted octanol–water partition coefficient (Wildman–Crippen LogP) is 2.12. The van der Waals surface area contributed by atoms with E-state index in [1.165, 1.54) is 31.9 Å². The number of carboxylic acids is 1. The van der Waals surface area contributed by atoms with Gasteiger partial charge < -0.3 is 29.7 Å². The van der Waals surface area contributed by atoms with Gasteiger partial charge >= 0.3 is 11.9 Å². The fraction of sp³-hybridized carbons (Fsp3) is 0.241. The van der Waals surface area contributed by atoms with Crippen LogP contribution >= 0.6 is 11.8 Å². The number of hydrogen-bond acceptors (Lipinski definition) is 10. The van der Waals surface area contributed by atoms with Gasteiger partial charge in [-0.1, -0.05) is 47.6 Å². The van der Waals surface area contributed by atoms with Crippen LogP contribution in [0.2, 0.25) is 0 Å². The summed E-state index contributed by atoms with van der Waals surface area (Å²) >= 11 is 1.23. The fourth-order valence-electron chi connectivity index (χ4n) is 4.67. The number of amides is 3. The molecule has 3 atom stereocenters. The van der Waals surface area contributed by atoms with Crippen molar-refractivity contribution in [2.24, 2.45) is 0 Å². The summed E-state index contributed by atoms with van der Waals surface area (Å²) in [6.45, 7) is 0.936. The van der Waals surface area contributed by atoms with Crippen LogP contribution in [-0.4, -0.2) is 75.7 Å². The summed E-state index contributed by atoms with van der Waals surface area (Å²) in [4.78, 5) is 64.1. The number of rotatable bonds is 10. The molecule has 3 aromatic rings. The Bertz CT molecular complexity index is 1620. The number of aliphatic carboxylic acids is 1. The van der Waals surface area contributed by atoms with E-state index >= 15 is 0 Å². The Balaban J connectivity index is 1.32. The molecule has 1 saturated heterocycles. The van der Waals surface area contributed by atoms with Crippen LogP contribution in [0.1, 0.15) is 29.0 Å². The number of carbonyl (C=O) groups excluding carboxylic acids is 4. The zero-order valence-electron chi connectivity index (χ0n) is 22.9. The molecule has 0 spiro atoms. The summed E-state index contributed by atoms with van der Waals surface area (Å²) in [5.74, 6) is -2.86. The minimum atomic E-state index is -1.35. The van der Waals surface area contributed by atoms with Crippen molar-refractivity contribution in [1.29, 1.82) is 0 Å². The number of nitrogens with zero attached hydrogens (tertiary/aromatic N) is 2. The molecule has 13 nitrogen and oxygen atoms in total. The molecule has 14 heteroatoms. The molecule has 3 heterocycles. The Morgan fingerprint density at radius 2 is 1.91 bits per heavy atom. The molecule has 222 valence electrons. The molecule has 2 aromatic carbocycles. The van der Waals surface area contributed by atoms with Crippen LogP contribution < -0.4 is 15.4 Å². The standard InChI is InChI=1S/C29H26N4O9S/c1-15(34)41-13-18-14-43-28-23(27(37)33(28)24(18)29(38)39)31-26(36)22(16-7-4-3-5-8-16)30-25(35)20-12-21(42-32-20)17-9-6-10-19(11-17)40-2/h3-12,22-23,28H,13-14H2,1-2H3,(H,30,35)(H,31,36)(H,38,39)/t22?,23-,28+/m0/s1. The highest BCUT2D eigenvalue weighted by atomic mass is 32.2. The molecule has 1 aromatic heterocycles. The van der Waals surface area contributed by atoms with Crippen molar-refractivity contribution < 1.29 is 43.1 Å². The highest BCUT2D eigenvalue weighted by molar-refractivity contribution is 8.00. The van der Waals surface area contributed by atoms with E-state index in [0.29, 0.717) is 22.6 Å². The number of ether oxygens (including phenoxy) is 2. The SMILES string of the molecule is COc1cccc(-c2cc(C(=O)NC(C(=O)N[C@H]3C(=O)N4C(C(=O)O)=C(COC(C)=O)CS[C@H]34)c3ccccc3)no2)c1. The number of carboxylic acid groups (broad SMARTS) is 1. The number of benzene rings is 2. The summed E-state index contributed by atoms with van der Waals surface area (Å²) in [5.41, 5.74) is 1.01. The topological polar surface area (TPSA) is 177 Å². The molecule has 0 bridgehead atoms. The van der Waals surface area contributed by atoms with Crippen molar-refractivity contribution in [3.05, 3.63) is 83.2 Å². The lowest BCUT2D eigenvalue weighted by Crippen LogP contribution is -2.71. The van der Waals surface area contributed by atoms with Crippen LogP contribution in [0.4, 0.5) is 0 Å². The molecule has 5 rings (SSSR count). The summed E-state index contributed by atoms with van der Waals surface area (Å²) < 4.78 is 15.5. The maximum Gasteiger partial charge on any atom is 0.352 e. The van der Waals surface area contributed by atoms with Gasteiger partial charge in [0.2, 0.25) is 5.91 Å². The predicted molar refractivity (Wildman–Crippen MR) is 151 cm³/mol. The van der Waals surface area contributed by atoms with Gasteiger partial charge in [0, 0.05) is 29.9 Å². The van der Waals surface area contributed by atoms with Gasteiger partial charge in [0.1, 0.15) is 35.5 Å². The first-order chi connectivity index (χ1) is 20.7. The second-order valence-electron chi connectivity index (χ2n) is 9.56. The highest BCUT2D eigenvalue weighted by Crippen LogP contribution is 2.40. The third-order valence-electron chi connectivity index (χ3n) is 6.76. The van der Waals surface area contributed by atoms with Crippen LogP contribution in [0.3, 0.4) is 0 Å². The van der Waals surface area contributed by atoms with Gasteiger partial charge in [-0.2, -0.15) is 0 Å². The van der Waals surface area contributed by atoms with E-state index in [4.69, 9.17) is 14.0 Å². The van der Waals surface area contributed by atoms with Crippen molar-refractivity contribution in [2.75, 3.05) is 19.5 Å². The molecule has 2 aliphatic heterocycles. The van der Waals surface area contributed by atoms with E-state index in [1.807, 2.05) is 0 Å². The maximum absolute atomic E-state index is 13.5. The average molecular weight is 607 g/mol. The Morgan fingerprint density at radius 1 is 1.14 bits per heavy atom. The molecule has 43 heavy (non-hydrogen) atoms. The minimum absolute atomic E-state index is 0.0724. The number of aromatic nitrogens is 1. The van der Waals surface area contributed by atoms with Crippen LogP contribution in [0.5, 0.6) is 5.75 Å². The van der Waals surface area contributed by atoms with Gasteiger partial charge in [0.15, 0.2) is 11.5 Å². The van der Waals surface area contributed by atoms with Crippen molar-refractivity contribution in [1.82, 2.24) is 20.7 Å². The number of fused-ring (bicyclic) bond motifs is 1. The molecule has 3 N–H and O–H groups in total. The van der Waals surface area contributed by atoms with Gasteiger partial charge in [-0.3, -0.25) is 24.1 Å². The van der Waals surface area contributed by atoms with E-state index in [2.05, 4.69) is 15.8 Å². The Kier molecular flexibility index (Phi) is 8.48. The second-order valence-corrected chi connectivity index (χ2v) is 10.7. The minimum Gasteiger partial charge on any atom is -0.497 e. The Morgan fingerprint density at radius 3 is 2.60 bits per heavy atom. The van der Waals surface area contributed by atoms with Crippen LogP contribution in [0.15, 0.2) is 76.5 Å². The largest absolute Gasteiger partial charge is 0.497 e. The zero-order chi connectivity index (χ0) is 30.7. The number of β-lactam (4-membered cyclic amide) rings is 1. The Hall–Kier alpha value is -5.11. The summed E-state index contributed by atoms with van der Waals surface area (Å²) in [7, 11) is 1.53. The summed E-state index contributed by atoms with van der Waals surface area (Å²) in [5, 5.41) is 18.2. The molecule has 3 amide bonds. The van der Waals surface area contributed by atoms with Crippen LogP contribution in [0.25, 0.3) is 11.3 Å². The molecular formula is C29H26N4O9S. The average Bonchev–Trinajstić information content (AvgIpc) is 3.52. The number of hydrogen-bond donors (Lipinski definition) is 3. The Labute approximate surface area is 249 Å². The van der Waals surface area contributed by atoms with Gasteiger partial charge in [-0.15, -0.1) is 11.8 Å². The monoisotopic (exact) mass is 606 g/mol. The number of thioether (sulfide) groups is 1. The molecule has 1 unspecified atom stereocenters. The van der Waals surface area contributed by atoms with E-state index in [-0.39, 0.29) is 29.3 Å². The number of carbonyl (C=O) groups is 5. The summed E-state index contributed by atoms with van der Waals surface area (Å²) in [6.07, 6.45) is 0. The third-order valence-corrected chi connectivity index (χ3v) is 8.10. The van der Waals surface area contributed by atoms with Crippen molar-refractivity contribution in [2.45, 2.75) is 24.4 Å². The first-order valence-corrected chi connectivity index (χ1v) is 14.0. The lowest BCUT2D eigenvalue weighted by Gasteiger charge is -2.49. The lowest BCUT2D eigenvalue weighted by atomic mass is 10.0. The molecular weight excluding hydrogens is 580 g/mol. The molecule has 2 aliphatic rings. The van der Waals surface area contributed by atoms with Crippen molar-refractivity contribution >= 4 is 41.4 Å². The zero-order valence-corrected chi connectivity index (χ0v) is 23.8. The van der Waals surface area contributed by atoms with E-state index in [9.17, 15) is 29.1 Å². The van der Waals surface area contributed by atoms with E-state index < -0.39 is 47.1 Å². The lowest BCUT2D eigenvalue weighted by molar-refractivity contribution is -0.151. The second kappa shape index (κ2) is 12.4. The number of esters is 1. The first kappa shape index (κ1) is 29.4. The number of nitrogens with one attached hydrogen (secondary N) is 2. The molecule has 0 radical (unpaired) electrons. The third kappa shape index (κ3) is 6.09. The summed E-state index contributed by atoms with van der Waals surface area (Å²) in [6, 6.07) is 14.6. The van der Waals surface area contributed by atoms with Crippen molar-refractivity contribution in [3.8, 4) is 17.1 Å². The highest BCUT2D eigenvalue weighted by Gasteiger charge is 2.54.